The van der Waals surface area contributed by atoms with Crippen LogP contribution in [0.2, 0.25) is 0 Å². The summed E-state index contributed by atoms with van der Waals surface area (Å²) in [6.07, 6.45) is 5.16. The molecule has 4 nitrogen and oxygen atoms in total. The number of rotatable bonds is 1. The maximum atomic E-state index is 12.5. The molecule has 3 aliphatic rings. The summed E-state index contributed by atoms with van der Waals surface area (Å²) in [6, 6.07) is 6.91. The van der Waals surface area contributed by atoms with Crippen LogP contribution in [0.15, 0.2) is 36.4 Å². The van der Waals surface area contributed by atoms with Crippen molar-refractivity contribution in [3.05, 3.63) is 36.4 Å². The number of nitrogens with zero attached hydrogens (tertiary/aromatic N) is 1. The first-order chi connectivity index (χ1) is 9.16. The quantitative estimate of drug-likeness (QED) is 0.470. The first kappa shape index (κ1) is 10.8. The van der Waals surface area contributed by atoms with E-state index >= 15 is 0 Å². The molecular weight excluding hydrogens is 240 g/mol. The second-order valence-corrected chi connectivity index (χ2v) is 5.60. The number of amides is 2. The van der Waals surface area contributed by atoms with Gasteiger partial charge in [-0.25, -0.2) is 0 Å². The van der Waals surface area contributed by atoms with Gasteiger partial charge >= 0.3 is 0 Å². The Hall–Kier alpha value is -2.10. The van der Waals surface area contributed by atoms with E-state index in [0.717, 1.165) is 6.42 Å². The Morgan fingerprint density at radius 1 is 0.947 bits per heavy atom. The number of nitrogen functional groups attached to an aromatic ring is 1. The van der Waals surface area contributed by atoms with Gasteiger partial charge in [-0.15, -0.1) is 0 Å². The van der Waals surface area contributed by atoms with Crippen LogP contribution in [-0.4, -0.2) is 11.8 Å². The maximum absolute atomic E-state index is 12.5. The second kappa shape index (κ2) is 3.47. The van der Waals surface area contributed by atoms with Crippen molar-refractivity contribution in [2.75, 3.05) is 10.6 Å². The van der Waals surface area contributed by atoms with Crippen LogP contribution >= 0.6 is 0 Å². The van der Waals surface area contributed by atoms with Crippen LogP contribution in [0.25, 0.3) is 0 Å². The first-order valence-corrected chi connectivity index (χ1v) is 6.58. The molecule has 1 aromatic rings. The lowest BCUT2D eigenvalue weighted by Gasteiger charge is -2.17. The Kier molecular flexibility index (Phi) is 1.97. The predicted molar refractivity (Wildman–Crippen MR) is 71.1 cm³/mol. The molecule has 2 aliphatic carbocycles. The predicted octanol–water partition coefficient (Wildman–Crippen LogP) is 1.58. The largest absolute Gasteiger partial charge is 0.399 e. The van der Waals surface area contributed by atoms with Crippen molar-refractivity contribution in [3.8, 4) is 0 Å². The number of allylic oxidation sites excluding steroid dienone is 2. The third kappa shape index (κ3) is 1.28. The van der Waals surface area contributed by atoms with E-state index < -0.39 is 0 Å². The minimum atomic E-state index is -0.139. The van der Waals surface area contributed by atoms with Gasteiger partial charge in [-0.05, 0) is 42.5 Å². The van der Waals surface area contributed by atoms with Crippen molar-refractivity contribution in [2.45, 2.75) is 6.42 Å². The Morgan fingerprint density at radius 3 is 2.00 bits per heavy atom. The molecule has 1 aromatic carbocycles. The van der Waals surface area contributed by atoms with E-state index in [9.17, 15) is 9.59 Å². The van der Waals surface area contributed by atoms with Gasteiger partial charge in [0.25, 0.3) is 0 Å². The molecule has 2 N–H and O–H groups in total. The van der Waals surface area contributed by atoms with Gasteiger partial charge in [0.1, 0.15) is 0 Å². The molecule has 1 heterocycles. The summed E-state index contributed by atoms with van der Waals surface area (Å²) in [5, 5.41) is 0. The van der Waals surface area contributed by atoms with Crippen LogP contribution in [0, 0.1) is 23.7 Å². The zero-order valence-corrected chi connectivity index (χ0v) is 10.3. The molecular formula is C15H14N2O2. The zero-order valence-electron chi connectivity index (χ0n) is 10.3. The van der Waals surface area contributed by atoms with Crippen molar-refractivity contribution in [2.24, 2.45) is 23.7 Å². The van der Waals surface area contributed by atoms with Gasteiger partial charge in [-0.3, -0.25) is 14.5 Å². The minimum Gasteiger partial charge on any atom is -0.399 e. The number of fused-ring (bicyclic) bond motifs is 5. The van der Waals surface area contributed by atoms with E-state index in [1.807, 2.05) is 0 Å². The molecule has 4 atom stereocenters. The van der Waals surface area contributed by atoms with Gasteiger partial charge in [-0.1, -0.05) is 12.2 Å². The number of hydrogen-bond acceptors (Lipinski definition) is 3. The van der Waals surface area contributed by atoms with E-state index in [1.165, 1.54) is 4.90 Å². The van der Waals surface area contributed by atoms with Crippen LogP contribution < -0.4 is 10.6 Å². The van der Waals surface area contributed by atoms with Crippen LogP contribution in [0.4, 0.5) is 11.4 Å². The molecule has 0 unspecified atom stereocenters. The molecule has 4 rings (SSSR count). The fourth-order valence-electron chi connectivity index (χ4n) is 3.78. The standard InChI is InChI=1S/C15H14N2O2/c16-10-3-5-11(6-4-10)17-14(18)12-8-1-2-9(7-8)13(12)15(17)19/h1-6,8-9,12-13H,7,16H2/t8-,9+,12-,13+. The fourth-order valence-corrected chi connectivity index (χ4v) is 3.78. The second-order valence-electron chi connectivity index (χ2n) is 5.60. The number of benzene rings is 1. The smallest absolute Gasteiger partial charge is 0.238 e. The van der Waals surface area contributed by atoms with E-state index in [2.05, 4.69) is 12.2 Å². The van der Waals surface area contributed by atoms with Gasteiger partial charge in [0.05, 0.1) is 17.5 Å². The van der Waals surface area contributed by atoms with E-state index in [-0.39, 0.29) is 35.5 Å². The molecule has 0 spiro atoms. The van der Waals surface area contributed by atoms with Gasteiger partial charge in [-0.2, -0.15) is 0 Å². The highest BCUT2D eigenvalue weighted by molar-refractivity contribution is 6.22. The monoisotopic (exact) mass is 254 g/mol. The average Bonchev–Trinajstić information content (AvgIpc) is 3.06. The van der Waals surface area contributed by atoms with Crippen LogP contribution in [0.1, 0.15) is 6.42 Å². The normalized spacial score (nSPS) is 35.3. The van der Waals surface area contributed by atoms with Gasteiger partial charge in [0.15, 0.2) is 0 Å². The Bertz CT molecular complexity index is 575. The fraction of sp³-hybridized carbons (Fsp3) is 0.333. The lowest BCUT2D eigenvalue weighted by atomic mass is 9.85. The van der Waals surface area contributed by atoms with Gasteiger partial charge in [0, 0.05) is 5.69 Å². The minimum absolute atomic E-state index is 0.0448. The van der Waals surface area contributed by atoms with Crippen molar-refractivity contribution in [1.82, 2.24) is 0 Å². The molecule has 0 aromatic heterocycles. The summed E-state index contributed by atoms with van der Waals surface area (Å²) in [7, 11) is 0. The number of anilines is 2. The van der Waals surface area contributed by atoms with E-state index in [0.29, 0.717) is 11.4 Å². The summed E-state index contributed by atoms with van der Waals surface area (Å²) in [6.45, 7) is 0. The van der Waals surface area contributed by atoms with Crippen LogP contribution in [0.5, 0.6) is 0 Å². The number of carbonyl (C=O) groups is 2. The molecule has 1 saturated carbocycles. The molecule has 2 amide bonds. The SMILES string of the molecule is Nc1ccc(N2C(=O)[C@@H]3[C@H](C2=O)[C@@H]2C=C[C@H]3C2)cc1. The third-order valence-corrected chi connectivity index (χ3v) is 4.62. The lowest BCUT2D eigenvalue weighted by Crippen LogP contribution is -2.32. The molecule has 19 heavy (non-hydrogen) atoms. The highest BCUT2D eigenvalue weighted by Crippen LogP contribution is 2.53. The lowest BCUT2D eigenvalue weighted by molar-refractivity contribution is -0.123. The Labute approximate surface area is 110 Å². The van der Waals surface area contributed by atoms with Crippen molar-refractivity contribution in [3.63, 3.8) is 0 Å². The molecule has 2 fully saturated rings. The molecule has 2 bridgehead atoms. The van der Waals surface area contributed by atoms with Crippen molar-refractivity contribution < 1.29 is 9.59 Å². The van der Waals surface area contributed by atoms with E-state index in [1.54, 1.807) is 24.3 Å². The summed E-state index contributed by atoms with van der Waals surface area (Å²) >= 11 is 0. The highest BCUT2D eigenvalue weighted by atomic mass is 16.2. The number of imide groups is 1. The van der Waals surface area contributed by atoms with Gasteiger partial charge < -0.3 is 5.73 Å². The molecule has 0 radical (unpaired) electrons. The summed E-state index contributed by atoms with van der Waals surface area (Å²) < 4.78 is 0. The molecule has 1 saturated heterocycles. The van der Waals surface area contributed by atoms with E-state index in [4.69, 9.17) is 5.73 Å². The highest BCUT2D eigenvalue weighted by Gasteiger charge is 2.59. The summed E-state index contributed by atoms with van der Waals surface area (Å²) in [5.74, 6) is 0.142. The average molecular weight is 254 g/mol. The van der Waals surface area contributed by atoms with Crippen molar-refractivity contribution in [1.29, 1.82) is 0 Å². The number of carbonyl (C=O) groups excluding carboxylic acids is 2. The van der Waals surface area contributed by atoms with Crippen LogP contribution in [-0.2, 0) is 9.59 Å². The van der Waals surface area contributed by atoms with Crippen molar-refractivity contribution >= 4 is 23.2 Å². The number of nitrogens with two attached hydrogens (primary N) is 1. The van der Waals surface area contributed by atoms with Gasteiger partial charge in [0.2, 0.25) is 11.8 Å². The topological polar surface area (TPSA) is 63.4 Å². The third-order valence-electron chi connectivity index (χ3n) is 4.62. The number of hydrogen-bond donors (Lipinski definition) is 1. The Balaban J connectivity index is 1.74. The first-order valence-electron chi connectivity index (χ1n) is 6.58. The molecule has 1 aliphatic heterocycles. The zero-order chi connectivity index (χ0) is 13.1. The summed E-state index contributed by atoms with van der Waals surface area (Å²) in [5.41, 5.74) is 6.91. The molecule has 4 heteroatoms. The van der Waals surface area contributed by atoms with Crippen LogP contribution in [0.3, 0.4) is 0 Å². The maximum Gasteiger partial charge on any atom is 0.238 e. The summed E-state index contributed by atoms with van der Waals surface area (Å²) in [4.78, 5) is 26.4. The Morgan fingerprint density at radius 2 is 1.47 bits per heavy atom. The molecule has 96 valence electrons.